The van der Waals surface area contributed by atoms with Gasteiger partial charge in [0.25, 0.3) is 20.2 Å². The lowest BCUT2D eigenvalue weighted by Crippen LogP contribution is -2.28. The summed E-state index contributed by atoms with van der Waals surface area (Å²) in [5, 5.41) is 24.4. The first-order valence-corrected chi connectivity index (χ1v) is 21.3. The zero-order valence-electron chi connectivity index (χ0n) is 29.7. The van der Waals surface area contributed by atoms with Crippen LogP contribution < -0.4 is 4.90 Å². The van der Waals surface area contributed by atoms with Crippen LogP contribution in [0.2, 0.25) is 0 Å². The third kappa shape index (κ3) is 11.1. The quantitative estimate of drug-likeness (QED) is 0.0194. The summed E-state index contributed by atoms with van der Waals surface area (Å²) < 4.78 is 76.6. The van der Waals surface area contributed by atoms with Crippen molar-refractivity contribution in [1.82, 2.24) is 0 Å². The Labute approximate surface area is 319 Å². The standard InChI is InChI=1S/C35H44N2O12S4/c1-34(2)28-24-26(51-49-47-39)16-18-30(28)37(21-11-13-23-52(40,41)42)32(34)14-8-6-5-7-9-15-33-35(3,4)29-25-27(53(43,44)45)17-19-31(29)36(33)20-10-12-22-50-48-46-38/h5-9,14-19,24-25H,10-13,20-23H2,1-4H3,(H3-,38,39,40,41,42,43,44,45)/p+1. The van der Waals surface area contributed by atoms with Crippen LogP contribution in [0.4, 0.5) is 11.4 Å². The summed E-state index contributed by atoms with van der Waals surface area (Å²) in [6.07, 6.45) is 15.9. The number of rotatable bonds is 20. The van der Waals surface area contributed by atoms with E-state index in [1.807, 2.05) is 74.6 Å². The van der Waals surface area contributed by atoms with Gasteiger partial charge in [-0.3, -0.25) is 9.11 Å². The molecule has 0 bridgehead atoms. The van der Waals surface area contributed by atoms with Crippen molar-refractivity contribution in [2.75, 3.05) is 29.5 Å². The average molecular weight is 814 g/mol. The van der Waals surface area contributed by atoms with Gasteiger partial charge in [-0.15, -0.1) is 8.67 Å². The molecule has 4 rings (SSSR count). The maximum Gasteiger partial charge on any atom is 0.294 e. The number of hydrogen-bond donors (Lipinski definition) is 4. The molecule has 0 fully saturated rings. The first-order valence-electron chi connectivity index (χ1n) is 16.6. The van der Waals surface area contributed by atoms with Gasteiger partial charge in [0.15, 0.2) is 5.71 Å². The van der Waals surface area contributed by atoms with E-state index >= 15 is 0 Å². The van der Waals surface area contributed by atoms with Crippen molar-refractivity contribution in [2.24, 2.45) is 0 Å². The van der Waals surface area contributed by atoms with Gasteiger partial charge in [0, 0.05) is 70.2 Å². The van der Waals surface area contributed by atoms with Gasteiger partial charge in [-0.2, -0.15) is 21.4 Å². The van der Waals surface area contributed by atoms with Gasteiger partial charge in [-0.1, -0.05) is 54.3 Å². The van der Waals surface area contributed by atoms with E-state index in [1.54, 1.807) is 6.07 Å². The average Bonchev–Trinajstić information content (AvgIpc) is 3.43. The molecule has 0 saturated carbocycles. The molecule has 0 radical (unpaired) electrons. The molecule has 4 N–H and O–H groups in total. The largest absolute Gasteiger partial charge is 0.344 e. The lowest BCUT2D eigenvalue weighted by atomic mass is 9.81. The molecular formula is C35H45N2O12S4+. The summed E-state index contributed by atoms with van der Waals surface area (Å²) >= 11 is 1.86. The monoisotopic (exact) mass is 813 g/mol. The number of anilines is 1. The second-order valence-electron chi connectivity index (χ2n) is 13.3. The van der Waals surface area contributed by atoms with E-state index in [1.165, 1.54) is 12.1 Å². The number of unbranched alkanes of at least 4 members (excludes halogenated alkanes) is 2. The maximum absolute atomic E-state index is 11.9. The van der Waals surface area contributed by atoms with E-state index in [4.69, 9.17) is 10.5 Å². The Bertz CT molecular complexity index is 1990. The highest BCUT2D eigenvalue weighted by Gasteiger charge is 2.44. The Balaban J connectivity index is 1.56. The van der Waals surface area contributed by atoms with Crippen LogP contribution >= 0.6 is 24.1 Å². The summed E-state index contributed by atoms with van der Waals surface area (Å²) in [6.45, 7) is 9.32. The molecular weight excluding hydrogens is 769 g/mol. The third-order valence-electron chi connectivity index (χ3n) is 9.11. The fraction of sp³-hybridized carbons (Fsp3) is 0.400. The lowest BCUT2D eigenvalue weighted by molar-refractivity contribution is -0.438. The molecule has 2 aromatic carbocycles. The first kappa shape index (κ1) is 42.9. The molecule has 0 aliphatic carbocycles. The highest BCUT2D eigenvalue weighted by atomic mass is 32.2. The van der Waals surface area contributed by atoms with Gasteiger partial charge in [0.1, 0.15) is 6.54 Å². The van der Waals surface area contributed by atoms with Gasteiger partial charge in [-0.05, 0) is 75.1 Å². The van der Waals surface area contributed by atoms with Gasteiger partial charge in [0.05, 0.1) is 28.1 Å². The van der Waals surface area contributed by atoms with Crippen LogP contribution in [0.5, 0.6) is 0 Å². The third-order valence-corrected chi connectivity index (χ3v) is 12.0. The van der Waals surface area contributed by atoms with E-state index in [0.29, 0.717) is 36.6 Å². The minimum absolute atomic E-state index is 0.166. The molecule has 2 aliphatic rings. The molecule has 0 aromatic heterocycles. The van der Waals surface area contributed by atoms with Crippen molar-refractivity contribution in [3.63, 3.8) is 0 Å². The van der Waals surface area contributed by atoms with Crippen molar-refractivity contribution < 1.29 is 59.8 Å². The molecule has 0 amide bonds. The Kier molecular flexibility index (Phi) is 15.1. The van der Waals surface area contributed by atoms with E-state index in [9.17, 15) is 25.9 Å². The highest BCUT2D eigenvalue weighted by molar-refractivity contribution is 7.94. The highest BCUT2D eigenvalue weighted by Crippen LogP contribution is 2.48. The van der Waals surface area contributed by atoms with Crippen LogP contribution in [-0.4, -0.2) is 71.3 Å². The number of hydrogen-bond acceptors (Lipinski definition) is 13. The predicted octanol–water partition coefficient (Wildman–Crippen LogP) is 7.61. The number of benzene rings is 2. The summed E-state index contributed by atoms with van der Waals surface area (Å²) in [5.74, 6) is 0.275. The molecule has 0 saturated heterocycles. The molecule has 2 aliphatic heterocycles. The van der Waals surface area contributed by atoms with Crippen LogP contribution in [0.25, 0.3) is 0 Å². The number of allylic oxidation sites excluding steroid dienone is 8. The molecule has 0 spiro atoms. The topological polar surface area (TPSA) is 192 Å². The van der Waals surface area contributed by atoms with E-state index < -0.39 is 31.1 Å². The fourth-order valence-corrected chi connectivity index (χ4v) is 8.49. The first-order chi connectivity index (χ1) is 25.0. The van der Waals surface area contributed by atoms with Crippen LogP contribution in [0.3, 0.4) is 0 Å². The Morgan fingerprint density at radius 2 is 1.53 bits per heavy atom. The molecule has 290 valence electrons. The summed E-state index contributed by atoms with van der Waals surface area (Å²) in [7, 11) is -8.45. The summed E-state index contributed by atoms with van der Waals surface area (Å²) in [6, 6.07) is 10.3. The minimum Gasteiger partial charge on any atom is -0.344 e. The smallest absolute Gasteiger partial charge is 0.294 e. The molecule has 2 aromatic rings. The van der Waals surface area contributed by atoms with Crippen molar-refractivity contribution in [3.8, 4) is 0 Å². The molecule has 0 unspecified atom stereocenters. The molecule has 18 heteroatoms. The van der Waals surface area contributed by atoms with Crippen LogP contribution in [0.1, 0.15) is 64.5 Å². The predicted molar refractivity (Wildman–Crippen MR) is 204 cm³/mol. The molecule has 0 atom stereocenters. The second kappa shape index (κ2) is 18.7. The maximum atomic E-state index is 11.9. The van der Waals surface area contributed by atoms with Crippen molar-refractivity contribution in [1.29, 1.82) is 0 Å². The van der Waals surface area contributed by atoms with Crippen molar-refractivity contribution in [3.05, 3.63) is 95.8 Å². The Morgan fingerprint density at radius 3 is 2.23 bits per heavy atom. The molecule has 14 nitrogen and oxygen atoms in total. The molecule has 2 heterocycles. The number of nitrogens with zero attached hydrogens (tertiary/aromatic N) is 2. The van der Waals surface area contributed by atoms with Gasteiger partial charge < -0.3 is 4.90 Å². The fourth-order valence-electron chi connectivity index (χ4n) is 6.58. The van der Waals surface area contributed by atoms with Crippen LogP contribution in [-0.2, 0) is 49.8 Å². The van der Waals surface area contributed by atoms with E-state index in [0.717, 1.165) is 70.8 Å². The zero-order chi connectivity index (χ0) is 38.9. The second-order valence-corrected chi connectivity index (χ2v) is 17.9. The number of fused-ring (bicyclic) bond motifs is 2. The Hall–Kier alpha value is -2.85. The minimum atomic E-state index is -4.39. The zero-order valence-corrected chi connectivity index (χ0v) is 33.0. The SMILES string of the molecule is CC1(C)C(=CC=CC=CC=CC2=[N+](CCCCS(=O)(=O)O)c3ccc(SOOO)cc3C2(C)C)N(CCCCSOOO)c2ccc(S(=O)(=O)O)cc21. The summed E-state index contributed by atoms with van der Waals surface area (Å²) in [4.78, 5) is 2.69. The van der Waals surface area contributed by atoms with E-state index in [2.05, 4.69) is 42.1 Å². The van der Waals surface area contributed by atoms with Crippen LogP contribution in [0.15, 0.2) is 94.4 Å². The lowest BCUT2D eigenvalue weighted by Gasteiger charge is -2.27. The Morgan fingerprint density at radius 1 is 0.811 bits per heavy atom. The van der Waals surface area contributed by atoms with Crippen molar-refractivity contribution in [2.45, 2.75) is 74.0 Å². The van der Waals surface area contributed by atoms with Crippen LogP contribution in [0, 0.1) is 0 Å². The van der Waals surface area contributed by atoms with E-state index in [-0.39, 0.29) is 10.6 Å². The molecule has 53 heavy (non-hydrogen) atoms. The van der Waals surface area contributed by atoms with Gasteiger partial charge in [-0.25, -0.2) is 10.5 Å². The van der Waals surface area contributed by atoms with Crippen molar-refractivity contribution >= 4 is 61.4 Å². The van der Waals surface area contributed by atoms with Gasteiger partial charge in [0.2, 0.25) is 5.69 Å². The summed E-state index contributed by atoms with van der Waals surface area (Å²) in [5.41, 5.74) is 4.49. The van der Waals surface area contributed by atoms with Gasteiger partial charge >= 0.3 is 0 Å². The normalized spacial score (nSPS) is 17.7.